The van der Waals surface area contributed by atoms with Crippen LogP contribution >= 0.6 is 35.0 Å². The number of Topliss-reactive ketones (excluding diaryl/α,β-unsaturated/α-hetero) is 1. The lowest BCUT2D eigenvalue weighted by molar-refractivity contribution is 0.104. The average molecular weight is 465 g/mol. The van der Waals surface area contributed by atoms with Gasteiger partial charge in [0.1, 0.15) is 6.33 Å². The second-order valence-electron chi connectivity index (χ2n) is 5.79. The Bertz CT molecular complexity index is 1290. The van der Waals surface area contributed by atoms with Gasteiger partial charge in [-0.2, -0.15) is 12.8 Å². The number of thioether (sulfide) groups is 1. The molecule has 2 aromatic carbocycles. The number of H-pyrrole nitrogens is 1. The van der Waals surface area contributed by atoms with Crippen LogP contribution in [-0.2, 0) is 10.0 Å². The molecule has 0 unspecified atom stereocenters. The molecule has 0 radical (unpaired) electrons. The summed E-state index contributed by atoms with van der Waals surface area (Å²) in [5.41, 5.74) is 0.890. The van der Waals surface area contributed by atoms with Crippen molar-refractivity contribution in [2.75, 3.05) is 0 Å². The number of nitrogens with zero attached hydrogens (tertiary/aromatic N) is 3. The molecule has 7 nitrogen and oxygen atoms in total. The maximum atomic E-state index is 12.8. The quantitative estimate of drug-likeness (QED) is 0.621. The summed E-state index contributed by atoms with van der Waals surface area (Å²) in [6, 6.07) is 10.6. The highest BCUT2D eigenvalue weighted by Gasteiger charge is 2.27. The number of carbonyl (C=O) groups excluding carboxylic acids is 1. The molecule has 1 aliphatic rings. The Labute approximate surface area is 179 Å². The van der Waals surface area contributed by atoms with Gasteiger partial charge in [-0.1, -0.05) is 47.5 Å². The topological polar surface area (TPSA) is 105 Å². The van der Waals surface area contributed by atoms with Crippen molar-refractivity contribution in [1.82, 2.24) is 15.2 Å². The van der Waals surface area contributed by atoms with E-state index in [0.29, 0.717) is 16.3 Å². The molecule has 0 saturated heterocycles. The minimum Gasteiger partial charge on any atom is -0.288 e. The smallest absolute Gasteiger partial charge is 0.282 e. The number of fused-ring (bicyclic) bond motifs is 1. The number of nitrogens with one attached hydrogen (secondary N) is 1. The Hall–Kier alpha value is -2.46. The van der Waals surface area contributed by atoms with Crippen LogP contribution in [0.1, 0.15) is 15.9 Å². The lowest BCUT2D eigenvalue weighted by atomic mass is 9.94. The van der Waals surface area contributed by atoms with Crippen LogP contribution in [0.15, 0.2) is 74.2 Å². The first-order valence-electron chi connectivity index (χ1n) is 8.04. The Balaban J connectivity index is 1.83. The fourth-order valence-electron chi connectivity index (χ4n) is 2.62. The Morgan fingerprint density at radius 2 is 1.79 bits per heavy atom. The van der Waals surface area contributed by atoms with Crippen LogP contribution in [-0.4, -0.2) is 35.1 Å². The summed E-state index contributed by atoms with van der Waals surface area (Å²) in [5, 5.41) is 7.14. The van der Waals surface area contributed by atoms with Crippen LogP contribution in [0, 0.1) is 0 Å². The fourth-order valence-corrected chi connectivity index (χ4v) is 4.78. The second-order valence-corrected chi connectivity index (χ2v) is 9.22. The van der Waals surface area contributed by atoms with Crippen molar-refractivity contribution in [3.63, 3.8) is 0 Å². The molecule has 11 heteroatoms. The SMILES string of the molecule is O=C1C(Sc2nc[nH]n2)=C/C(=N/S(=O)(=O)c2ccc(Cl)c(Cl)c2)c2ccccc21. The average Bonchev–Trinajstić information content (AvgIpc) is 3.20. The minimum atomic E-state index is -4.10. The summed E-state index contributed by atoms with van der Waals surface area (Å²) in [4.78, 5) is 16.9. The molecular weight excluding hydrogens is 455 g/mol. The highest BCUT2D eigenvalue weighted by molar-refractivity contribution is 8.04. The number of rotatable bonds is 4. The number of allylic oxidation sites excluding steroid dienone is 2. The number of halogens is 2. The van der Waals surface area contributed by atoms with Gasteiger partial charge in [-0.3, -0.25) is 9.89 Å². The Morgan fingerprint density at radius 3 is 2.48 bits per heavy atom. The van der Waals surface area contributed by atoms with E-state index < -0.39 is 10.0 Å². The highest BCUT2D eigenvalue weighted by Crippen LogP contribution is 2.33. The van der Waals surface area contributed by atoms with E-state index in [2.05, 4.69) is 19.6 Å². The maximum absolute atomic E-state index is 12.8. The lowest BCUT2D eigenvalue weighted by Crippen LogP contribution is -2.17. The van der Waals surface area contributed by atoms with Crippen molar-refractivity contribution in [2.45, 2.75) is 10.1 Å². The predicted octanol–water partition coefficient (Wildman–Crippen LogP) is 4.16. The van der Waals surface area contributed by atoms with Crippen molar-refractivity contribution < 1.29 is 13.2 Å². The molecule has 0 spiro atoms. The second kappa shape index (κ2) is 7.75. The first-order valence-corrected chi connectivity index (χ1v) is 11.1. The fraction of sp³-hybridized carbons (Fsp3) is 0. The first-order chi connectivity index (χ1) is 13.8. The van der Waals surface area contributed by atoms with Crippen LogP contribution in [0.2, 0.25) is 10.0 Å². The standard InChI is InChI=1S/C18H10Cl2N4O3S2/c19-13-6-5-10(7-14(13)20)29(26,27)24-15-8-16(28-18-21-9-22-23-18)17(25)12-4-2-1-3-11(12)15/h1-9H,(H,21,22,23)/b24-15-. The summed E-state index contributed by atoms with van der Waals surface area (Å²) < 4.78 is 29.6. The molecule has 3 aromatic rings. The lowest BCUT2D eigenvalue weighted by Gasteiger charge is -2.16. The number of aromatic amines is 1. The molecule has 0 aliphatic heterocycles. The molecule has 0 atom stereocenters. The summed E-state index contributed by atoms with van der Waals surface area (Å²) in [7, 11) is -4.10. The van der Waals surface area contributed by atoms with Crippen LogP contribution in [0.3, 0.4) is 0 Å². The van der Waals surface area contributed by atoms with Gasteiger partial charge in [0.2, 0.25) is 10.9 Å². The normalized spacial score (nSPS) is 15.3. The molecule has 0 fully saturated rings. The van der Waals surface area contributed by atoms with E-state index in [1.54, 1.807) is 24.3 Å². The van der Waals surface area contributed by atoms with Gasteiger partial charge in [0.15, 0.2) is 0 Å². The number of sulfonamides is 1. The molecule has 0 bridgehead atoms. The van der Waals surface area contributed by atoms with Crippen LogP contribution < -0.4 is 0 Å². The number of hydrogen-bond acceptors (Lipinski definition) is 6. The zero-order valence-electron chi connectivity index (χ0n) is 14.3. The van der Waals surface area contributed by atoms with E-state index in [1.807, 2.05) is 0 Å². The van der Waals surface area contributed by atoms with Crippen LogP contribution in [0.25, 0.3) is 0 Å². The van der Waals surface area contributed by atoms with Gasteiger partial charge < -0.3 is 0 Å². The largest absolute Gasteiger partial charge is 0.288 e. The van der Waals surface area contributed by atoms with Gasteiger partial charge >= 0.3 is 0 Å². The van der Waals surface area contributed by atoms with Crippen molar-refractivity contribution in [2.24, 2.45) is 4.40 Å². The number of hydrogen-bond donors (Lipinski definition) is 1. The summed E-state index contributed by atoms with van der Waals surface area (Å²) in [6.07, 6.45) is 2.80. The molecule has 29 heavy (non-hydrogen) atoms. The first kappa shape index (κ1) is 19.8. The van der Waals surface area contributed by atoms with Crippen LogP contribution in [0.5, 0.6) is 0 Å². The van der Waals surface area contributed by atoms with E-state index >= 15 is 0 Å². The van der Waals surface area contributed by atoms with Gasteiger partial charge in [-0.15, -0.1) is 5.10 Å². The molecular formula is C18H10Cl2N4O3S2. The van der Waals surface area contributed by atoms with Crippen molar-refractivity contribution in [1.29, 1.82) is 0 Å². The zero-order valence-corrected chi connectivity index (χ0v) is 17.5. The number of carbonyl (C=O) groups is 1. The molecule has 0 amide bonds. The molecule has 146 valence electrons. The van der Waals surface area contributed by atoms with Crippen molar-refractivity contribution >= 4 is 56.5 Å². The van der Waals surface area contributed by atoms with Gasteiger partial charge in [0.05, 0.1) is 25.6 Å². The molecule has 1 aromatic heterocycles. The Morgan fingerprint density at radius 1 is 1.03 bits per heavy atom. The summed E-state index contributed by atoms with van der Waals surface area (Å²) >= 11 is 12.8. The number of aromatic nitrogens is 3. The third kappa shape index (κ3) is 3.99. The van der Waals surface area contributed by atoms with Crippen LogP contribution in [0.4, 0.5) is 0 Å². The van der Waals surface area contributed by atoms with Gasteiger partial charge in [-0.05, 0) is 36.0 Å². The van der Waals surface area contributed by atoms with Gasteiger partial charge in [0.25, 0.3) is 10.0 Å². The highest BCUT2D eigenvalue weighted by atomic mass is 35.5. The Kier molecular flexibility index (Phi) is 5.30. The minimum absolute atomic E-state index is 0.101. The van der Waals surface area contributed by atoms with E-state index in [1.165, 1.54) is 30.6 Å². The predicted molar refractivity (Wildman–Crippen MR) is 111 cm³/mol. The zero-order chi connectivity index (χ0) is 20.6. The van der Waals surface area contributed by atoms with Gasteiger partial charge in [0, 0.05) is 11.1 Å². The van der Waals surface area contributed by atoms with E-state index in [9.17, 15) is 13.2 Å². The molecule has 1 aliphatic carbocycles. The van der Waals surface area contributed by atoms with Crippen molar-refractivity contribution in [3.8, 4) is 0 Å². The van der Waals surface area contributed by atoms with Gasteiger partial charge in [-0.25, -0.2) is 4.98 Å². The molecule has 4 rings (SSSR count). The monoisotopic (exact) mass is 464 g/mol. The van der Waals surface area contributed by atoms with E-state index in [-0.39, 0.29) is 31.3 Å². The van der Waals surface area contributed by atoms with E-state index in [0.717, 1.165) is 11.8 Å². The molecule has 1 N–H and O–H groups in total. The third-order valence-electron chi connectivity index (χ3n) is 3.94. The molecule has 1 heterocycles. The molecule has 0 saturated carbocycles. The number of ketones is 1. The third-order valence-corrected chi connectivity index (χ3v) is 6.87. The van der Waals surface area contributed by atoms with E-state index in [4.69, 9.17) is 23.2 Å². The summed E-state index contributed by atoms with van der Waals surface area (Å²) in [5.74, 6) is -0.263. The summed E-state index contributed by atoms with van der Waals surface area (Å²) in [6.45, 7) is 0. The number of benzene rings is 2. The van der Waals surface area contributed by atoms with Crippen molar-refractivity contribution in [3.05, 3.63) is 80.9 Å². The maximum Gasteiger partial charge on any atom is 0.282 e.